The fourth-order valence-electron chi connectivity index (χ4n) is 2.37. The average Bonchev–Trinajstić information content (AvgIpc) is 2.60. The molecule has 0 aromatic heterocycles. The first-order chi connectivity index (χ1) is 9.69. The Balaban J connectivity index is 2.32. The lowest BCUT2D eigenvalue weighted by Crippen LogP contribution is -2.38. The number of anilines is 1. The van der Waals surface area contributed by atoms with Gasteiger partial charge in [-0.05, 0) is 34.5 Å². The molecule has 116 valence electrons. The predicted octanol–water partition coefficient (Wildman–Crippen LogP) is 3.66. The van der Waals surface area contributed by atoms with Crippen LogP contribution in [0, 0.1) is 0 Å². The SMILES string of the molecule is CC(c1cccc(Br)c1NC=O)N1CC(F)(F)C(F)(F)C1. The van der Waals surface area contributed by atoms with Gasteiger partial charge >= 0.3 is 11.8 Å². The van der Waals surface area contributed by atoms with Crippen molar-refractivity contribution in [2.45, 2.75) is 24.8 Å². The van der Waals surface area contributed by atoms with E-state index in [1.165, 1.54) is 0 Å². The smallest absolute Gasteiger partial charge is 0.323 e. The monoisotopic (exact) mass is 368 g/mol. The molecule has 1 saturated heterocycles. The maximum Gasteiger partial charge on any atom is 0.323 e. The minimum absolute atomic E-state index is 0.388. The van der Waals surface area contributed by atoms with Gasteiger partial charge in [0.05, 0.1) is 18.8 Å². The quantitative estimate of drug-likeness (QED) is 0.649. The van der Waals surface area contributed by atoms with E-state index in [1.54, 1.807) is 25.1 Å². The van der Waals surface area contributed by atoms with Crippen LogP contribution in [0.5, 0.6) is 0 Å². The molecule has 3 nitrogen and oxygen atoms in total. The van der Waals surface area contributed by atoms with Crippen molar-refractivity contribution in [2.75, 3.05) is 18.4 Å². The van der Waals surface area contributed by atoms with Gasteiger partial charge in [-0.1, -0.05) is 12.1 Å². The van der Waals surface area contributed by atoms with E-state index in [2.05, 4.69) is 21.2 Å². The summed E-state index contributed by atoms with van der Waals surface area (Å²) in [5, 5.41) is 2.46. The molecule has 1 atom stereocenters. The van der Waals surface area contributed by atoms with Gasteiger partial charge in [0.25, 0.3) is 0 Å². The Morgan fingerprint density at radius 3 is 2.38 bits per heavy atom. The van der Waals surface area contributed by atoms with Gasteiger partial charge in [-0.25, -0.2) is 0 Å². The van der Waals surface area contributed by atoms with Crippen LogP contribution < -0.4 is 5.32 Å². The summed E-state index contributed by atoms with van der Waals surface area (Å²) in [6.45, 7) is -0.488. The summed E-state index contributed by atoms with van der Waals surface area (Å²) in [4.78, 5) is 11.7. The van der Waals surface area contributed by atoms with E-state index in [0.717, 1.165) is 4.90 Å². The van der Waals surface area contributed by atoms with E-state index in [9.17, 15) is 22.4 Å². The molecule has 8 heteroatoms. The van der Waals surface area contributed by atoms with Crippen molar-refractivity contribution in [3.63, 3.8) is 0 Å². The molecule has 0 spiro atoms. The Hall–Kier alpha value is -1.15. The van der Waals surface area contributed by atoms with Gasteiger partial charge in [0.2, 0.25) is 6.41 Å². The Morgan fingerprint density at radius 1 is 1.29 bits per heavy atom. The summed E-state index contributed by atoms with van der Waals surface area (Å²) < 4.78 is 53.8. The van der Waals surface area contributed by atoms with Crippen LogP contribution in [0.3, 0.4) is 0 Å². The number of likely N-dealkylation sites (tertiary alicyclic amines) is 1. The summed E-state index contributed by atoms with van der Waals surface area (Å²) in [6, 6.07) is 4.23. The molecule has 1 N–H and O–H groups in total. The van der Waals surface area contributed by atoms with Gasteiger partial charge in [-0.3, -0.25) is 9.69 Å². The third-order valence-electron chi connectivity index (χ3n) is 3.59. The van der Waals surface area contributed by atoms with Crippen LogP contribution in [0.1, 0.15) is 18.5 Å². The number of alkyl halides is 4. The predicted molar refractivity (Wildman–Crippen MR) is 73.7 cm³/mol. The van der Waals surface area contributed by atoms with Gasteiger partial charge in [-0.2, -0.15) is 17.6 Å². The first-order valence-electron chi connectivity index (χ1n) is 6.18. The van der Waals surface area contributed by atoms with Crippen LogP contribution in [-0.4, -0.2) is 36.2 Å². The number of nitrogens with zero attached hydrogens (tertiary/aromatic N) is 1. The number of hydrogen-bond acceptors (Lipinski definition) is 2. The zero-order chi connectivity index (χ0) is 15.8. The molecular formula is C13H13BrF4N2O. The molecule has 2 rings (SSSR count). The molecule has 0 radical (unpaired) electrons. The van der Waals surface area contributed by atoms with E-state index < -0.39 is 31.0 Å². The first-order valence-corrected chi connectivity index (χ1v) is 6.97. The molecule has 0 bridgehead atoms. The number of carbonyl (C=O) groups is 1. The Bertz CT molecular complexity index is 537. The molecule has 0 saturated carbocycles. The van der Waals surface area contributed by atoms with Crippen molar-refractivity contribution in [1.29, 1.82) is 0 Å². The van der Waals surface area contributed by atoms with E-state index >= 15 is 0 Å². The van der Waals surface area contributed by atoms with Gasteiger partial charge in [0.15, 0.2) is 0 Å². The second kappa shape index (κ2) is 5.57. The fourth-order valence-corrected chi connectivity index (χ4v) is 2.86. The number of benzene rings is 1. The van der Waals surface area contributed by atoms with Crippen molar-refractivity contribution in [2.24, 2.45) is 0 Å². The number of para-hydroxylation sites is 1. The molecule has 1 aliphatic heterocycles. The summed E-state index contributed by atoms with van der Waals surface area (Å²) in [5.41, 5.74) is 0.878. The molecule has 1 aliphatic rings. The Labute approximate surface area is 127 Å². The highest BCUT2D eigenvalue weighted by molar-refractivity contribution is 9.10. The summed E-state index contributed by atoms with van der Waals surface area (Å²) >= 11 is 3.23. The van der Waals surface area contributed by atoms with E-state index in [-0.39, 0.29) is 0 Å². The van der Waals surface area contributed by atoms with Crippen LogP contribution in [0.4, 0.5) is 23.2 Å². The number of nitrogens with one attached hydrogen (secondary N) is 1. The highest BCUT2D eigenvalue weighted by Crippen LogP contribution is 2.45. The highest BCUT2D eigenvalue weighted by Gasteiger charge is 2.63. The van der Waals surface area contributed by atoms with Gasteiger partial charge in [0.1, 0.15) is 0 Å². The fraction of sp³-hybridized carbons (Fsp3) is 0.462. The summed E-state index contributed by atoms with van der Waals surface area (Å²) in [6.07, 6.45) is 0.448. The molecule has 1 fully saturated rings. The van der Waals surface area contributed by atoms with Crippen molar-refractivity contribution in [1.82, 2.24) is 4.90 Å². The lowest BCUT2D eigenvalue weighted by molar-refractivity contribution is -0.172. The molecule has 1 aromatic rings. The Morgan fingerprint density at radius 2 is 1.86 bits per heavy atom. The number of halogens is 5. The van der Waals surface area contributed by atoms with Crippen molar-refractivity contribution in [3.05, 3.63) is 28.2 Å². The second-order valence-corrected chi connectivity index (χ2v) is 5.81. The van der Waals surface area contributed by atoms with Gasteiger partial charge < -0.3 is 5.32 Å². The lowest BCUT2D eigenvalue weighted by atomic mass is 10.0. The number of hydrogen-bond donors (Lipinski definition) is 1. The minimum Gasteiger partial charge on any atom is -0.327 e. The summed E-state index contributed by atoms with van der Waals surface area (Å²) in [5.74, 6) is -8.10. The normalized spacial score (nSPS) is 22.0. The third kappa shape index (κ3) is 2.91. The second-order valence-electron chi connectivity index (χ2n) is 4.96. The van der Waals surface area contributed by atoms with Crippen LogP contribution in [0.25, 0.3) is 0 Å². The van der Waals surface area contributed by atoms with Crippen LogP contribution in [-0.2, 0) is 4.79 Å². The van der Waals surface area contributed by atoms with Crippen LogP contribution in [0.15, 0.2) is 22.7 Å². The minimum atomic E-state index is -4.05. The molecule has 1 heterocycles. The molecular weight excluding hydrogens is 356 g/mol. The molecule has 21 heavy (non-hydrogen) atoms. The number of carbonyl (C=O) groups excluding carboxylic acids is 1. The molecule has 0 aliphatic carbocycles. The first kappa shape index (κ1) is 16.2. The summed E-state index contributed by atoms with van der Waals surface area (Å²) in [7, 11) is 0. The van der Waals surface area contributed by atoms with E-state index in [1.807, 2.05) is 0 Å². The maximum absolute atomic E-state index is 13.3. The lowest BCUT2D eigenvalue weighted by Gasteiger charge is -2.26. The van der Waals surface area contributed by atoms with Gasteiger partial charge in [-0.15, -0.1) is 0 Å². The average molecular weight is 369 g/mol. The van der Waals surface area contributed by atoms with Crippen molar-refractivity contribution < 1.29 is 22.4 Å². The van der Waals surface area contributed by atoms with E-state index in [0.29, 0.717) is 22.1 Å². The van der Waals surface area contributed by atoms with Crippen molar-refractivity contribution >= 4 is 28.0 Å². The van der Waals surface area contributed by atoms with Crippen molar-refractivity contribution in [3.8, 4) is 0 Å². The standard InChI is InChI=1S/C13H13BrF4N2O/c1-8(20-5-12(15,16)13(17,18)6-20)9-3-2-4-10(14)11(9)19-7-21/h2-4,7-8H,5-6H2,1H3,(H,19,21). The molecule has 1 amide bonds. The van der Waals surface area contributed by atoms with Crippen LogP contribution in [0.2, 0.25) is 0 Å². The zero-order valence-electron chi connectivity index (χ0n) is 11.0. The third-order valence-corrected chi connectivity index (χ3v) is 4.25. The topological polar surface area (TPSA) is 32.3 Å². The van der Waals surface area contributed by atoms with E-state index in [4.69, 9.17) is 0 Å². The zero-order valence-corrected chi connectivity index (χ0v) is 12.6. The maximum atomic E-state index is 13.3. The van der Waals surface area contributed by atoms with Gasteiger partial charge in [0, 0.05) is 10.5 Å². The van der Waals surface area contributed by atoms with Crippen LogP contribution >= 0.6 is 15.9 Å². The molecule has 1 unspecified atom stereocenters. The number of rotatable bonds is 4. The number of amides is 1. The Kier molecular flexibility index (Phi) is 4.30. The largest absolute Gasteiger partial charge is 0.327 e. The highest BCUT2D eigenvalue weighted by atomic mass is 79.9. The molecule has 1 aromatic carbocycles.